The normalized spacial score (nSPS) is 18.9. The van der Waals surface area contributed by atoms with Crippen molar-refractivity contribution < 1.29 is 23.8 Å². The highest BCUT2D eigenvalue weighted by Crippen LogP contribution is 2.39. The number of cyclic esters (lactones) is 1. The van der Waals surface area contributed by atoms with Gasteiger partial charge in [-0.15, -0.1) is 0 Å². The maximum Gasteiger partial charge on any atom is 0.359 e. The Hall–Kier alpha value is -3.34. The van der Waals surface area contributed by atoms with Gasteiger partial charge in [-0.3, -0.25) is 0 Å². The van der Waals surface area contributed by atoms with Crippen molar-refractivity contribution in [3.05, 3.63) is 77.9 Å². The van der Waals surface area contributed by atoms with E-state index in [0.717, 1.165) is 5.56 Å². The fourth-order valence-electron chi connectivity index (χ4n) is 2.90. The molecule has 0 bridgehead atoms. The molecule has 2 aromatic rings. The van der Waals surface area contributed by atoms with Gasteiger partial charge in [-0.05, 0) is 36.3 Å². The predicted molar refractivity (Wildman–Crippen MR) is 102 cm³/mol. The van der Waals surface area contributed by atoms with E-state index in [9.17, 15) is 9.59 Å². The molecule has 1 atom stereocenters. The van der Waals surface area contributed by atoms with Crippen molar-refractivity contribution in [2.45, 2.75) is 12.5 Å². The molecule has 0 radical (unpaired) electrons. The second kappa shape index (κ2) is 7.91. The molecule has 2 aromatic carbocycles. The molecule has 3 rings (SSSR count). The van der Waals surface area contributed by atoms with Gasteiger partial charge >= 0.3 is 11.9 Å². The SMILES string of the molecule is CCOC(=O)C1(/C=C/c2ccccc2)OC(=O)C=C1c1ccc(OC)cc1. The minimum atomic E-state index is -1.63. The Morgan fingerprint density at radius 1 is 1.11 bits per heavy atom. The predicted octanol–water partition coefficient (Wildman–Crippen LogP) is 3.65. The van der Waals surface area contributed by atoms with E-state index in [1.807, 2.05) is 30.3 Å². The summed E-state index contributed by atoms with van der Waals surface area (Å²) in [5, 5.41) is 0. The minimum absolute atomic E-state index is 0.174. The van der Waals surface area contributed by atoms with Crippen molar-refractivity contribution in [3.63, 3.8) is 0 Å². The first-order valence-electron chi connectivity index (χ1n) is 8.60. The van der Waals surface area contributed by atoms with Crippen molar-refractivity contribution in [3.8, 4) is 5.75 Å². The molecule has 0 spiro atoms. The third kappa shape index (κ3) is 3.77. The lowest BCUT2D eigenvalue weighted by Gasteiger charge is -2.26. The standard InChI is InChI=1S/C22H20O5/c1-3-26-21(24)22(14-13-16-7-5-4-6-8-16)19(15-20(23)27-22)17-9-11-18(25-2)12-10-17/h4-15H,3H2,1-2H3/b14-13+. The molecule has 1 aliphatic heterocycles. The molecule has 0 aliphatic carbocycles. The molecule has 1 heterocycles. The zero-order valence-corrected chi connectivity index (χ0v) is 15.2. The van der Waals surface area contributed by atoms with Gasteiger partial charge in [0.2, 0.25) is 0 Å². The Bertz CT molecular complexity index is 881. The Morgan fingerprint density at radius 2 is 1.81 bits per heavy atom. The van der Waals surface area contributed by atoms with Gasteiger partial charge in [-0.1, -0.05) is 48.5 Å². The van der Waals surface area contributed by atoms with Crippen LogP contribution in [0.2, 0.25) is 0 Å². The molecule has 0 N–H and O–H groups in total. The van der Waals surface area contributed by atoms with Crippen molar-refractivity contribution in [1.29, 1.82) is 0 Å². The van der Waals surface area contributed by atoms with Gasteiger partial charge in [-0.2, -0.15) is 0 Å². The zero-order valence-electron chi connectivity index (χ0n) is 15.2. The molecule has 1 unspecified atom stereocenters. The average Bonchev–Trinajstić information content (AvgIpc) is 3.05. The Balaban J connectivity index is 2.06. The smallest absolute Gasteiger partial charge is 0.359 e. The van der Waals surface area contributed by atoms with Crippen molar-refractivity contribution >= 4 is 23.6 Å². The minimum Gasteiger partial charge on any atom is -0.497 e. The second-order valence-electron chi connectivity index (χ2n) is 5.91. The number of hydrogen-bond donors (Lipinski definition) is 0. The van der Waals surface area contributed by atoms with Crippen LogP contribution in [0.15, 0.2) is 66.7 Å². The van der Waals surface area contributed by atoms with E-state index in [1.165, 1.54) is 6.08 Å². The highest BCUT2D eigenvalue weighted by atomic mass is 16.6. The van der Waals surface area contributed by atoms with Crippen molar-refractivity contribution in [2.24, 2.45) is 0 Å². The van der Waals surface area contributed by atoms with Crippen molar-refractivity contribution in [1.82, 2.24) is 0 Å². The molecule has 0 amide bonds. The summed E-state index contributed by atoms with van der Waals surface area (Å²) in [6.45, 7) is 1.88. The molecule has 27 heavy (non-hydrogen) atoms. The summed E-state index contributed by atoms with van der Waals surface area (Å²) in [4.78, 5) is 24.9. The largest absolute Gasteiger partial charge is 0.497 e. The lowest BCUT2D eigenvalue weighted by molar-refractivity contribution is -0.165. The van der Waals surface area contributed by atoms with E-state index in [4.69, 9.17) is 14.2 Å². The molecule has 0 saturated carbocycles. The van der Waals surface area contributed by atoms with Crippen molar-refractivity contribution in [2.75, 3.05) is 13.7 Å². The van der Waals surface area contributed by atoms with E-state index < -0.39 is 17.5 Å². The number of ether oxygens (including phenoxy) is 3. The number of hydrogen-bond acceptors (Lipinski definition) is 5. The number of carbonyl (C=O) groups excluding carboxylic acids is 2. The van der Waals surface area contributed by atoms with Crippen LogP contribution in [0.5, 0.6) is 5.75 Å². The number of esters is 2. The Morgan fingerprint density at radius 3 is 2.44 bits per heavy atom. The number of carbonyl (C=O) groups is 2. The lowest BCUT2D eigenvalue weighted by atomic mass is 9.88. The van der Waals surface area contributed by atoms with Gasteiger partial charge in [0.15, 0.2) is 0 Å². The fraction of sp³-hybridized carbons (Fsp3) is 0.182. The molecule has 138 valence electrons. The van der Waals surface area contributed by atoms with Crippen LogP contribution >= 0.6 is 0 Å². The van der Waals surface area contributed by atoms with Gasteiger partial charge in [0.05, 0.1) is 13.7 Å². The van der Waals surface area contributed by atoms with Crippen LogP contribution in [0.3, 0.4) is 0 Å². The van der Waals surface area contributed by atoms with Crippen LogP contribution in [0.1, 0.15) is 18.1 Å². The highest BCUT2D eigenvalue weighted by Gasteiger charge is 2.50. The van der Waals surface area contributed by atoms with E-state index in [2.05, 4.69) is 0 Å². The first kappa shape index (κ1) is 18.5. The molecule has 5 heteroatoms. The van der Waals surface area contributed by atoms with E-state index in [1.54, 1.807) is 50.5 Å². The second-order valence-corrected chi connectivity index (χ2v) is 5.91. The number of benzene rings is 2. The fourth-order valence-corrected chi connectivity index (χ4v) is 2.90. The first-order valence-corrected chi connectivity index (χ1v) is 8.60. The van der Waals surface area contributed by atoms with Gasteiger partial charge in [0.25, 0.3) is 5.60 Å². The monoisotopic (exact) mass is 364 g/mol. The summed E-state index contributed by atoms with van der Waals surface area (Å²) < 4.78 is 15.9. The van der Waals surface area contributed by atoms with Gasteiger partial charge in [0, 0.05) is 11.6 Å². The molecule has 5 nitrogen and oxygen atoms in total. The zero-order chi connectivity index (χ0) is 19.3. The number of rotatable bonds is 6. The van der Waals surface area contributed by atoms with E-state index in [-0.39, 0.29) is 6.61 Å². The topological polar surface area (TPSA) is 61.8 Å². The van der Waals surface area contributed by atoms with Crippen LogP contribution < -0.4 is 4.74 Å². The highest BCUT2D eigenvalue weighted by molar-refractivity contribution is 6.11. The molecule has 0 saturated heterocycles. The molecule has 0 aromatic heterocycles. The van der Waals surface area contributed by atoms with Crippen LogP contribution in [-0.4, -0.2) is 31.3 Å². The quantitative estimate of drug-likeness (QED) is 0.732. The average molecular weight is 364 g/mol. The maximum absolute atomic E-state index is 12.8. The third-order valence-electron chi connectivity index (χ3n) is 4.21. The first-order chi connectivity index (χ1) is 13.1. The molecule has 0 fully saturated rings. The lowest BCUT2D eigenvalue weighted by Crippen LogP contribution is -2.40. The molecular formula is C22H20O5. The summed E-state index contributed by atoms with van der Waals surface area (Å²) in [5.74, 6) is -0.553. The summed E-state index contributed by atoms with van der Waals surface area (Å²) in [7, 11) is 1.57. The molecule has 1 aliphatic rings. The van der Waals surface area contributed by atoms with E-state index in [0.29, 0.717) is 16.9 Å². The summed E-state index contributed by atoms with van der Waals surface area (Å²) in [6.07, 6.45) is 4.64. The third-order valence-corrected chi connectivity index (χ3v) is 4.21. The summed E-state index contributed by atoms with van der Waals surface area (Å²) in [5.41, 5.74) is 0.351. The Labute approximate surface area is 157 Å². The number of methoxy groups -OCH3 is 1. The summed E-state index contributed by atoms with van der Waals surface area (Å²) >= 11 is 0. The van der Waals surface area contributed by atoms with Crippen LogP contribution in [-0.2, 0) is 19.1 Å². The van der Waals surface area contributed by atoms with Crippen LogP contribution in [0.4, 0.5) is 0 Å². The van der Waals surface area contributed by atoms with Gasteiger partial charge < -0.3 is 14.2 Å². The van der Waals surface area contributed by atoms with Gasteiger partial charge in [0.1, 0.15) is 5.75 Å². The van der Waals surface area contributed by atoms with Crippen LogP contribution in [0.25, 0.3) is 11.6 Å². The molecular weight excluding hydrogens is 344 g/mol. The van der Waals surface area contributed by atoms with E-state index >= 15 is 0 Å². The van der Waals surface area contributed by atoms with Gasteiger partial charge in [-0.25, -0.2) is 9.59 Å². The maximum atomic E-state index is 12.8. The Kier molecular flexibility index (Phi) is 5.41. The van der Waals surface area contributed by atoms with Crippen LogP contribution in [0, 0.1) is 0 Å². The summed E-state index contributed by atoms with van der Waals surface area (Å²) in [6, 6.07) is 16.5.